The van der Waals surface area contributed by atoms with Crippen LogP contribution >= 0.6 is 0 Å². The van der Waals surface area contributed by atoms with Gasteiger partial charge in [0.1, 0.15) is 18.3 Å². The van der Waals surface area contributed by atoms with Gasteiger partial charge in [0.25, 0.3) is 0 Å². The van der Waals surface area contributed by atoms with Gasteiger partial charge in [-0.2, -0.15) is 5.10 Å². The zero-order chi connectivity index (χ0) is 10.1. The van der Waals surface area contributed by atoms with Crippen LogP contribution in [-0.4, -0.2) is 31.8 Å². The first kappa shape index (κ1) is 9.33. The summed E-state index contributed by atoms with van der Waals surface area (Å²) in [7, 11) is 1.74. The number of carbonyl (C=O) groups excluding carboxylic acids is 1. The number of hydrogen-bond donors (Lipinski definition) is 1. The van der Waals surface area contributed by atoms with Gasteiger partial charge in [-0.1, -0.05) is 0 Å². The van der Waals surface area contributed by atoms with E-state index in [1.165, 1.54) is 6.33 Å². The Bertz CT molecular complexity index is 344. The molecule has 5 nitrogen and oxygen atoms in total. The Hall–Kier alpha value is -1.23. The average molecular weight is 195 g/mol. The Morgan fingerprint density at radius 2 is 2.50 bits per heavy atom. The van der Waals surface area contributed by atoms with E-state index in [2.05, 4.69) is 10.1 Å². The number of aliphatic hydroxyl groups excluding tert-OH is 1. The van der Waals surface area contributed by atoms with Crippen molar-refractivity contribution in [3.05, 3.63) is 12.2 Å². The van der Waals surface area contributed by atoms with Crippen LogP contribution in [0.15, 0.2) is 6.33 Å². The third-order valence-electron chi connectivity index (χ3n) is 2.54. The fourth-order valence-corrected chi connectivity index (χ4v) is 1.42. The molecule has 1 fully saturated rings. The van der Waals surface area contributed by atoms with Crippen LogP contribution in [0, 0.1) is 5.92 Å². The van der Waals surface area contributed by atoms with Crippen LogP contribution in [0.3, 0.4) is 0 Å². The Morgan fingerprint density at radius 1 is 1.79 bits per heavy atom. The van der Waals surface area contributed by atoms with Gasteiger partial charge in [0, 0.05) is 7.05 Å². The number of Topliss-reactive ketones (excluding diaryl/α,β-unsaturated/α-hetero) is 1. The van der Waals surface area contributed by atoms with Crippen molar-refractivity contribution in [3.63, 3.8) is 0 Å². The highest BCUT2D eigenvalue weighted by Gasteiger charge is 2.34. The van der Waals surface area contributed by atoms with Gasteiger partial charge in [-0.15, -0.1) is 0 Å². The third-order valence-corrected chi connectivity index (χ3v) is 2.54. The molecule has 0 aromatic carbocycles. The maximum atomic E-state index is 11.5. The molecular formula is C9H13N3O2. The van der Waals surface area contributed by atoms with E-state index in [1.807, 2.05) is 0 Å². The number of nitrogens with zero attached hydrogens (tertiary/aromatic N) is 3. The molecule has 1 atom stereocenters. The van der Waals surface area contributed by atoms with Gasteiger partial charge in [0.15, 0.2) is 5.78 Å². The summed E-state index contributed by atoms with van der Waals surface area (Å²) in [6.07, 6.45) is 2.71. The molecule has 1 saturated carbocycles. The maximum absolute atomic E-state index is 11.5. The predicted molar refractivity (Wildman–Crippen MR) is 48.4 cm³/mol. The zero-order valence-electron chi connectivity index (χ0n) is 8.05. The fraction of sp³-hybridized carbons (Fsp3) is 0.667. The van der Waals surface area contributed by atoms with Crippen molar-refractivity contribution in [1.82, 2.24) is 14.8 Å². The Morgan fingerprint density at radius 3 is 3.00 bits per heavy atom. The van der Waals surface area contributed by atoms with Gasteiger partial charge in [-0.3, -0.25) is 9.48 Å². The Balaban J connectivity index is 1.97. The van der Waals surface area contributed by atoms with Gasteiger partial charge in [-0.25, -0.2) is 4.98 Å². The van der Waals surface area contributed by atoms with Crippen molar-refractivity contribution in [1.29, 1.82) is 0 Å². The molecule has 76 valence electrons. The Kier molecular flexibility index (Phi) is 2.33. The van der Waals surface area contributed by atoms with Crippen LogP contribution in [0.4, 0.5) is 0 Å². The highest BCUT2D eigenvalue weighted by Crippen LogP contribution is 2.33. The molecule has 1 aromatic heterocycles. The van der Waals surface area contributed by atoms with Crippen LogP contribution in [0.25, 0.3) is 0 Å². The van der Waals surface area contributed by atoms with E-state index in [9.17, 15) is 9.90 Å². The molecule has 0 aliphatic heterocycles. The van der Waals surface area contributed by atoms with E-state index in [0.29, 0.717) is 5.82 Å². The lowest BCUT2D eigenvalue weighted by Crippen LogP contribution is -2.25. The van der Waals surface area contributed by atoms with Crippen LogP contribution in [0.5, 0.6) is 0 Å². The average Bonchev–Trinajstić information content (AvgIpc) is 2.92. The summed E-state index contributed by atoms with van der Waals surface area (Å²) in [5.74, 6) is 0.647. The van der Waals surface area contributed by atoms with E-state index in [0.717, 1.165) is 12.8 Å². The number of ketones is 1. The molecule has 5 heteroatoms. The first-order chi connectivity index (χ1) is 6.68. The highest BCUT2D eigenvalue weighted by atomic mass is 16.3. The van der Waals surface area contributed by atoms with Crippen molar-refractivity contribution in [2.24, 2.45) is 13.0 Å². The molecule has 0 saturated heterocycles. The summed E-state index contributed by atoms with van der Waals surface area (Å²) in [5, 5.41) is 13.4. The minimum absolute atomic E-state index is 0.149. The van der Waals surface area contributed by atoms with Crippen LogP contribution in [0.2, 0.25) is 0 Å². The normalized spacial score (nSPS) is 18.1. The molecule has 14 heavy (non-hydrogen) atoms. The minimum atomic E-state index is -0.799. The van der Waals surface area contributed by atoms with Gasteiger partial charge in [0.2, 0.25) is 0 Å². The Labute approximate surface area is 81.8 Å². The first-order valence-electron chi connectivity index (χ1n) is 4.72. The predicted octanol–water partition coefficient (Wildman–Crippen LogP) is -0.302. The number of aryl methyl sites for hydroxylation is 1. The molecule has 0 radical (unpaired) electrons. The number of aromatic nitrogens is 3. The standard InChI is InChI=1S/C9H13N3O2/c1-12-8(10-5-11-12)4-7(13)9(14)6-2-3-6/h5-6,9,14H,2-4H2,1H3. The summed E-state index contributed by atoms with van der Waals surface area (Å²) >= 11 is 0. The van der Waals surface area contributed by atoms with E-state index < -0.39 is 6.10 Å². The van der Waals surface area contributed by atoms with Gasteiger partial charge < -0.3 is 5.11 Å². The van der Waals surface area contributed by atoms with Gasteiger partial charge in [0.05, 0.1) is 6.42 Å². The molecule has 1 aliphatic rings. The van der Waals surface area contributed by atoms with Gasteiger partial charge in [-0.05, 0) is 18.8 Å². The lowest BCUT2D eigenvalue weighted by Gasteiger charge is -2.06. The number of carbonyl (C=O) groups is 1. The summed E-state index contributed by atoms with van der Waals surface area (Å²) in [6, 6.07) is 0. The smallest absolute Gasteiger partial charge is 0.169 e. The van der Waals surface area contributed by atoms with Crippen LogP contribution in [0.1, 0.15) is 18.7 Å². The van der Waals surface area contributed by atoms with Crippen LogP contribution < -0.4 is 0 Å². The van der Waals surface area contributed by atoms with Crippen molar-refractivity contribution in [3.8, 4) is 0 Å². The fourth-order valence-electron chi connectivity index (χ4n) is 1.42. The summed E-state index contributed by atoms with van der Waals surface area (Å²) in [6.45, 7) is 0. The quantitative estimate of drug-likeness (QED) is 0.716. The molecule has 1 aromatic rings. The highest BCUT2D eigenvalue weighted by molar-refractivity contribution is 5.84. The maximum Gasteiger partial charge on any atom is 0.169 e. The van der Waals surface area contributed by atoms with E-state index >= 15 is 0 Å². The van der Waals surface area contributed by atoms with E-state index in [-0.39, 0.29) is 18.1 Å². The van der Waals surface area contributed by atoms with Crippen molar-refractivity contribution < 1.29 is 9.90 Å². The second-order valence-corrected chi connectivity index (χ2v) is 3.73. The molecule has 1 N–H and O–H groups in total. The lowest BCUT2D eigenvalue weighted by atomic mass is 10.1. The van der Waals surface area contributed by atoms with Crippen molar-refractivity contribution >= 4 is 5.78 Å². The van der Waals surface area contributed by atoms with Gasteiger partial charge >= 0.3 is 0 Å². The zero-order valence-corrected chi connectivity index (χ0v) is 8.05. The lowest BCUT2D eigenvalue weighted by molar-refractivity contribution is -0.127. The number of hydrogen-bond acceptors (Lipinski definition) is 4. The molecule has 0 spiro atoms. The van der Waals surface area contributed by atoms with Crippen molar-refractivity contribution in [2.75, 3.05) is 0 Å². The van der Waals surface area contributed by atoms with E-state index in [4.69, 9.17) is 0 Å². The molecule has 2 rings (SSSR count). The summed E-state index contributed by atoms with van der Waals surface area (Å²) < 4.78 is 1.55. The topological polar surface area (TPSA) is 68.0 Å². The minimum Gasteiger partial charge on any atom is -0.385 e. The summed E-state index contributed by atoms with van der Waals surface area (Å²) in [5.41, 5.74) is 0. The molecule has 1 heterocycles. The van der Waals surface area contributed by atoms with Crippen molar-refractivity contribution in [2.45, 2.75) is 25.4 Å². The van der Waals surface area contributed by atoms with E-state index in [1.54, 1.807) is 11.7 Å². The molecule has 0 bridgehead atoms. The van der Waals surface area contributed by atoms with Crippen LogP contribution in [-0.2, 0) is 18.3 Å². The molecule has 1 aliphatic carbocycles. The third kappa shape index (κ3) is 1.82. The monoisotopic (exact) mass is 195 g/mol. The second kappa shape index (κ2) is 3.49. The molecule has 0 amide bonds. The first-order valence-corrected chi connectivity index (χ1v) is 4.72. The largest absolute Gasteiger partial charge is 0.385 e. The summed E-state index contributed by atoms with van der Waals surface area (Å²) in [4.78, 5) is 15.5. The molecule has 1 unspecified atom stereocenters. The SMILES string of the molecule is Cn1ncnc1CC(=O)C(O)C1CC1. The number of rotatable bonds is 4. The second-order valence-electron chi connectivity index (χ2n) is 3.73. The molecular weight excluding hydrogens is 182 g/mol. The number of aliphatic hydroxyl groups is 1.